The minimum atomic E-state index is -0.141. The van der Waals surface area contributed by atoms with Crippen LogP contribution in [-0.2, 0) is 6.42 Å². The maximum Gasteiger partial charge on any atom is 0.253 e. The molecule has 0 bridgehead atoms. The average molecular weight is 386 g/mol. The number of hydrogen-bond acceptors (Lipinski definition) is 4. The second-order valence-electron chi connectivity index (χ2n) is 6.81. The molecule has 29 heavy (non-hydrogen) atoms. The van der Waals surface area contributed by atoms with Gasteiger partial charge >= 0.3 is 0 Å². The molecular formula is C23H22N4O2. The highest BCUT2D eigenvalue weighted by molar-refractivity contribution is 5.97. The van der Waals surface area contributed by atoms with Crippen LogP contribution < -0.4 is 5.32 Å². The van der Waals surface area contributed by atoms with Gasteiger partial charge in [0.25, 0.3) is 5.91 Å². The zero-order valence-electron chi connectivity index (χ0n) is 16.4. The van der Waals surface area contributed by atoms with Crippen molar-refractivity contribution in [3.8, 4) is 17.1 Å². The van der Waals surface area contributed by atoms with Gasteiger partial charge in [-0.25, -0.2) is 9.67 Å². The minimum Gasteiger partial charge on any atom is -0.441 e. The Bertz CT molecular complexity index is 1130. The summed E-state index contributed by atoms with van der Waals surface area (Å²) >= 11 is 0. The third kappa shape index (κ3) is 4.11. The first kappa shape index (κ1) is 18.7. The molecule has 2 aromatic heterocycles. The van der Waals surface area contributed by atoms with Gasteiger partial charge in [-0.15, -0.1) is 0 Å². The number of nitrogens with zero attached hydrogens (tertiary/aromatic N) is 3. The Hall–Kier alpha value is -3.67. The Labute approximate surface area is 169 Å². The lowest BCUT2D eigenvalue weighted by Crippen LogP contribution is -2.27. The largest absolute Gasteiger partial charge is 0.441 e. The van der Waals surface area contributed by atoms with Gasteiger partial charge in [0.2, 0.25) is 5.89 Å². The first-order valence-corrected chi connectivity index (χ1v) is 9.53. The highest BCUT2D eigenvalue weighted by Gasteiger charge is 2.14. The summed E-state index contributed by atoms with van der Waals surface area (Å²) in [6, 6.07) is 19.1. The van der Waals surface area contributed by atoms with E-state index in [0.29, 0.717) is 24.4 Å². The van der Waals surface area contributed by atoms with E-state index >= 15 is 0 Å². The molecule has 2 aromatic carbocycles. The van der Waals surface area contributed by atoms with Crippen molar-refractivity contribution in [1.29, 1.82) is 0 Å². The first-order chi connectivity index (χ1) is 14.1. The maximum atomic E-state index is 12.8. The number of nitrogens with one attached hydrogen (secondary N) is 1. The van der Waals surface area contributed by atoms with Crippen molar-refractivity contribution >= 4 is 5.91 Å². The smallest absolute Gasteiger partial charge is 0.253 e. The minimum absolute atomic E-state index is 0.141. The van der Waals surface area contributed by atoms with Crippen molar-refractivity contribution in [2.75, 3.05) is 6.54 Å². The zero-order chi connectivity index (χ0) is 20.2. The van der Waals surface area contributed by atoms with Crippen LogP contribution in [0.2, 0.25) is 0 Å². The summed E-state index contributed by atoms with van der Waals surface area (Å²) in [5.74, 6) is 1.23. The molecule has 146 valence electrons. The SMILES string of the molecule is Cc1ccn(-c2ccccc2C(=O)NCCc2nc(-c3ccccc3)oc2C)n1. The normalized spacial score (nSPS) is 10.8. The van der Waals surface area contributed by atoms with Crippen LogP contribution in [0.4, 0.5) is 0 Å². The second-order valence-corrected chi connectivity index (χ2v) is 6.81. The molecule has 0 aliphatic rings. The van der Waals surface area contributed by atoms with Crippen molar-refractivity contribution in [2.45, 2.75) is 20.3 Å². The van der Waals surface area contributed by atoms with Crippen LogP contribution >= 0.6 is 0 Å². The number of para-hydroxylation sites is 1. The van der Waals surface area contributed by atoms with Crippen molar-refractivity contribution in [3.63, 3.8) is 0 Å². The number of carbonyl (C=O) groups is 1. The molecule has 1 amide bonds. The Morgan fingerprint density at radius 1 is 1.03 bits per heavy atom. The summed E-state index contributed by atoms with van der Waals surface area (Å²) in [5.41, 5.74) is 4.02. The third-order valence-corrected chi connectivity index (χ3v) is 4.68. The molecule has 0 saturated carbocycles. The lowest BCUT2D eigenvalue weighted by molar-refractivity contribution is 0.0954. The standard InChI is InChI=1S/C23H22N4O2/c1-16-13-15-27(26-16)21-11-7-6-10-19(21)22(28)24-14-12-20-17(2)29-23(25-20)18-8-4-3-5-9-18/h3-11,13,15H,12,14H2,1-2H3,(H,24,28). The number of oxazole rings is 1. The number of benzene rings is 2. The number of aromatic nitrogens is 3. The van der Waals surface area contributed by atoms with E-state index in [0.717, 1.165) is 28.4 Å². The monoisotopic (exact) mass is 386 g/mol. The molecule has 0 saturated heterocycles. The van der Waals surface area contributed by atoms with Crippen LogP contribution in [0, 0.1) is 13.8 Å². The summed E-state index contributed by atoms with van der Waals surface area (Å²) in [5, 5.41) is 7.39. The number of rotatable bonds is 6. The average Bonchev–Trinajstić information content (AvgIpc) is 3.34. The van der Waals surface area contributed by atoms with Crippen molar-refractivity contribution < 1.29 is 9.21 Å². The molecule has 6 heteroatoms. The van der Waals surface area contributed by atoms with Gasteiger partial charge in [0.05, 0.1) is 22.6 Å². The summed E-state index contributed by atoms with van der Waals surface area (Å²) in [6.07, 6.45) is 2.45. The Balaban J connectivity index is 1.43. The summed E-state index contributed by atoms with van der Waals surface area (Å²) in [4.78, 5) is 17.3. The molecule has 0 spiro atoms. The summed E-state index contributed by atoms with van der Waals surface area (Å²) < 4.78 is 7.51. The molecule has 0 atom stereocenters. The predicted molar refractivity (Wildman–Crippen MR) is 111 cm³/mol. The molecule has 0 aliphatic carbocycles. The molecule has 0 radical (unpaired) electrons. The second kappa shape index (κ2) is 8.14. The molecule has 1 N–H and O–H groups in total. The quantitative estimate of drug-likeness (QED) is 0.541. The molecule has 4 rings (SSSR count). The van der Waals surface area contributed by atoms with Gasteiger partial charge in [-0.05, 0) is 44.2 Å². The van der Waals surface area contributed by atoms with E-state index in [1.807, 2.05) is 74.6 Å². The topological polar surface area (TPSA) is 73.0 Å². The number of amides is 1. The van der Waals surface area contributed by atoms with E-state index in [2.05, 4.69) is 15.4 Å². The number of carbonyl (C=O) groups excluding carboxylic acids is 1. The van der Waals surface area contributed by atoms with Crippen LogP contribution in [0.1, 0.15) is 27.5 Å². The van der Waals surface area contributed by atoms with Crippen LogP contribution in [-0.4, -0.2) is 27.2 Å². The van der Waals surface area contributed by atoms with Gasteiger partial charge in [-0.3, -0.25) is 4.79 Å². The molecule has 0 aliphatic heterocycles. The van der Waals surface area contributed by atoms with Crippen LogP contribution in [0.15, 0.2) is 71.3 Å². The van der Waals surface area contributed by atoms with Crippen molar-refractivity contribution in [1.82, 2.24) is 20.1 Å². The first-order valence-electron chi connectivity index (χ1n) is 9.53. The third-order valence-electron chi connectivity index (χ3n) is 4.68. The van der Waals surface area contributed by atoms with Gasteiger partial charge in [-0.1, -0.05) is 30.3 Å². The summed E-state index contributed by atoms with van der Waals surface area (Å²) in [6.45, 7) is 4.28. The highest BCUT2D eigenvalue weighted by atomic mass is 16.4. The molecule has 6 nitrogen and oxygen atoms in total. The fourth-order valence-corrected chi connectivity index (χ4v) is 3.17. The Morgan fingerprint density at radius 2 is 1.79 bits per heavy atom. The molecular weight excluding hydrogens is 364 g/mol. The van der Waals surface area contributed by atoms with Crippen LogP contribution in [0.3, 0.4) is 0 Å². The predicted octanol–water partition coefficient (Wildman–Crippen LogP) is 4.12. The number of hydrogen-bond donors (Lipinski definition) is 1. The fraction of sp³-hybridized carbons (Fsp3) is 0.174. The lowest BCUT2D eigenvalue weighted by Gasteiger charge is -2.10. The summed E-state index contributed by atoms with van der Waals surface area (Å²) in [7, 11) is 0. The van der Waals surface area contributed by atoms with Crippen molar-refractivity contribution in [3.05, 3.63) is 89.6 Å². The van der Waals surface area contributed by atoms with E-state index in [-0.39, 0.29) is 5.91 Å². The van der Waals surface area contributed by atoms with E-state index in [4.69, 9.17) is 4.42 Å². The van der Waals surface area contributed by atoms with Gasteiger partial charge in [0, 0.05) is 24.7 Å². The van der Waals surface area contributed by atoms with E-state index in [1.54, 1.807) is 10.7 Å². The fourth-order valence-electron chi connectivity index (χ4n) is 3.17. The molecule has 2 heterocycles. The van der Waals surface area contributed by atoms with E-state index in [9.17, 15) is 4.79 Å². The van der Waals surface area contributed by atoms with E-state index < -0.39 is 0 Å². The zero-order valence-corrected chi connectivity index (χ0v) is 16.4. The molecule has 0 fully saturated rings. The van der Waals surface area contributed by atoms with Gasteiger partial charge in [0.15, 0.2) is 0 Å². The van der Waals surface area contributed by atoms with Gasteiger partial charge in [0.1, 0.15) is 5.76 Å². The van der Waals surface area contributed by atoms with Gasteiger partial charge in [-0.2, -0.15) is 5.10 Å². The van der Waals surface area contributed by atoms with Crippen molar-refractivity contribution in [2.24, 2.45) is 0 Å². The highest BCUT2D eigenvalue weighted by Crippen LogP contribution is 2.21. The van der Waals surface area contributed by atoms with Crippen LogP contribution in [0.25, 0.3) is 17.1 Å². The van der Waals surface area contributed by atoms with Gasteiger partial charge < -0.3 is 9.73 Å². The Morgan fingerprint density at radius 3 is 2.55 bits per heavy atom. The molecule has 4 aromatic rings. The maximum absolute atomic E-state index is 12.8. The van der Waals surface area contributed by atoms with Crippen LogP contribution in [0.5, 0.6) is 0 Å². The Kier molecular flexibility index (Phi) is 5.24. The van der Waals surface area contributed by atoms with E-state index in [1.165, 1.54) is 0 Å². The lowest BCUT2D eigenvalue weighted by atomic mass is 10.1. The number of aryl methyl sites for hydroxylation is 2. The molecule has 0 unspecified atom stereocenters.